The van der Waals surface area contributed by atoms with Gasteiger partial charge in [-0.25, -0.2) is 4.79 Å². The van der Waals surface area contributed by atoms with Crippen molar-refractivity contribution in [3.8, 4) is 0 Å². The molecule has 0 amide bonds. The van der Waals surface area contributed by atoms with Crippen molar-refractivity contribution < 1.29 is 24.9 Å². The maximum Gasteiger partial charge on any atom is 0.338 e. The van der Waals surface area contributed by atoms with Gasteiger partial charge in [0.1, 0.15) is 0 Å². The Morgan fingerprint density at radius 3 is 2.26 bits per heavy atom. The molecular weight excluding hydrogens is 298 g/mol. The van der Waals surface area contributed by atoms with E-state index in [1.165, 1.54) is 11.0 Å². The van der Waals surface area contributed by atoms with Gasteiger partial charge in [0.25, 0.3) is 0 Å². The summed E-state index contributed by atoms with van der Waals surface area (Å²) in [5.74, 6) is -5.52. The Morgan fingerprint density at radius 2 is 1.74 bits per heavy atom. The molecule has 23 heavy (non-hydrogen) atoms. The van der Waals surface area contributed by atoms with Crippen LogP contribution in [0.1, 0.15) is 18.4 Å². The third-order valence-electron chi connectivity index (χ3n) is 4.96. The van der Waals surface area contributed by atoms with Crippen LogP contribution in [-0.4, -0.2) is 56.4 Å². The van der Waals surface area contributed by atoms with Crippen LogP contribution in [0.5, 0.6) is 0 Å². The number of hydrogen-bond donors (Lipinski definition) is 3. The van der Waals surface area contributed by atoms with Gasteiger partial charge in [0.2, 0.25) is 11.3 Å². The Bertz CT molecular complexity index is 646. The minimum atomic E-state index is -2.58. The van der Waals surface area contributed by atoms with Gasteiger partial charge in [0.15, 0.2) is 5.78 Å². The quantitative estimate of drug-likeness (QED) is 0.425. The van der Waals surface area contributed by atoms with Gasteiger partial charge in [-0.3, -0.25) is 9.69 Å². The molecule has 4 rings (SSSR count). The monoisotopic (exact) mass is 317 g/mol. The summed E-state index contributed by atoms with van der Waals surface area (Å²) < 4.78 is 0. The number of carboxylic acids is 1. The Labute approximate surface area is 133 Å². The van der Waals surface area contributed by atoms with Gasteiger partial charge >= 0.3 is 5.97 Å². The number of fused-ring (bicyclic) bond motifs is 3. The van der Waals surface area contributed by atoms with E-state index >= 15 is 0 Å². The van der Waals surface area contributed by atoms with Gasteiger partial charge in [0, 0.05) is 19.0 Å². The molecule has 1 unspecified atom stereocenters. The predicted octanol–water partition coefficient (Wildman–Crippen LogP) is 0.499. The zero-order valence-electron chi connectivity index (χ0n) is 12.6. The predicted molar refractivity (Wildman–Crippen MR) is 82.3 cm³/mol. The van der Waals surface area contributed by atoms with Crippen LogP contribution in [0.2, 0.25) is 0 Å². The number of carboxylic acid groups (broad SMARTS) is 1. The van der Waals surface area contributed by atoms with E-state index < -0.39 is 29.0 Å². The minimum absolute atomic E-state index is 0.366. The number of ketones is 1. The molecule has 0 aliphatic carbocycles. The summed E-state index contributed by atoms with van der Waals surface area (Å²) >= 11 is 0. The van der Waals surface area contributed by atoms with Crippen LogP contribution < -0.4 is 0 Å². The number of hydrogen-bond acceptors (Lipinski definition) is 5. The molecule has 3 N–H and O–H groups in total. The zero-order chi connectivity index (χ0) is 16.7. The largest absolute Gasteiger partial charge is 0.479 e. The van der Waals surface area contributed by atoms with E-state index in [1.807, 2.05) is 6.07 Å². The van der Waals surface area contributed by atoms with Gasteiger partial charge in [-0.2, -0.15) is 0 Å². The summed E-state index contributed by atoms with van der Waals surface area (Å²) in [6, 6.07) is 8.97. The summed E-state index contributed by atoms with van der Waals surface area (Å²) in [6.07, 6.45) is 3.56. The molecule has 2 bridgehead atoms. The summed E-state index contributed by atoms with van der Waals surface area (Å²) in [5.41, 5.74) is -1.60. The second-order valence-corrected chi connectivity index (χ2v) is 6.11. The Hall–Kier alpha value is -2.02. The van der Waals surface area contributed by atoms with Crippen LogP contribution in [0.4, 0.5) is 0 Å². The van der Waals surface area contributed by atoms with Crippen LogP contribution in [0, 0.1) is 5.92 Å². The van der Waals surface area contributed by atoms with Gasteiger partial charge < -0.3 is 15.3 Å². The molecular formula is C17H19NO5. The first-order chi connectivity index (χ1) is 10.9. The standard InChI is InChI=1S/C17H19NO5/c19-14(7-6-12-4-2-1-3-5-12)16(15(20)21)17(22,23)13-8-10-18(16)11-9-13/h1-7,13,22-23H,8-11H2,(H,20,21). The molecule has 3 heterocycles. The van der Waals surface area contributed by atoms with Crippen molar-refractivity contribution in [1.29, 1.82) is 0 Å². The van der Waals surface area contributed by atoms with E-state index in [0.717, 1.165) is 11.6 Å². The Balaban J connectivity index is 2.00. The maximum absolute atomic E-state index is 12.7. The second-order valence-electron chi connectivity index (χ2n) is 6.11. The molecule has 0 saturated carbocycles. The van der Waals surface area contributed by atoms with Crippen molar-refractivity contribution in [2.45, 2.75) is 24.2 Å². The average molecular weight is 317 g/mol. The second kappa shape index (κ2) is 5.56. The van der Waals surface area contributed by atoms with E-state index in [-0.39, 0.29) is 0 Å². The van der Waals surface area contributed by atoms with Crippen LogP contribution in [0.25, 0.3) is 6.08 Å². The van der Waals surface area contributed by atoms with Crippen molar-refractivity contribution in [3.05, 3.63) is 42.0 Å². The van der Waals surface area contributed by atoms with Gasteiger partial charge in [-0.05, 0) is 24.5 Å². The Morgan fingerprint density at radius 1 is 1.13 bits per heavy atom. The first-order valence-electron chi connectivity index (χ1n) is 7.61. The van der Waals surface area contributed by atoms with Crippen LogP contribution in [-0.2, 0) is 9.59 Å². The molecule has 3 saturated heterocycles. The van der Waals surface area contributed by atoms with Crippen LogP contribution in [0.15, 0.2) is 36.4 Å². The molecule has 3 fully saturated rings. The molecule has 6 heteroatoms. The molecule has 0 spiro atoms. The lowest BCUT2D eigenvalue weighted by Crippen LogP contribution is -2.80. The van der Waals surface area contributed by atoms with E-state index in [2.05, 4.69) is 0 Å². The minimum Gasteiger partial charge on any atom is -0.479 e. The number of aliphatic hydroxyl groups is 2. The van der Waals surface area contributed by atoms with Crippen molar-refractivity contribution in [3.63, 3.8) is 0 Å². The highest BCUT2D eigenvalue weighted by Gasteiger charge is 2.70. The zero-order valence-corrected chi connectivity index (χ0v) is 12.6. The topological polar surface area (TPSA) is 98.1 Å². The highest BCUT2D eigenvalue weighted by atomic mass is 16.5. The third kappa shape index (κ3) is 2.22. The fraction of sp³-hybridized carbons (Fsp3) is 0.412. The molecule has 1 aromatic carbocycles. The van der Waals surface area contributed by atoms with E-state index in [1.54, 1.807) is 24.3 Å². The SMILES string of the molecule is O=C(O)C1(C(=O)C=Cc2ccccc2)N2CCC(CC2)C1(O)O. The Kier molecular flexibility index (Phi) is 3.83. The number of rotatable bonds is 4. The van der Waals surface area contributed by atoms with Crippen molar-refractivity contribution >= 4 is 17.8 Å². The number of carbonyl (C=O) groups excluding carboxylic acids is 1. The molecule has 1 aromatic rings. The van der Waals surface area contributed by atoms with Crippen molar-refractivity contribution in [2.24, 2.45) is 5.92 Å². The molecule has 0 aromatic heterocycles. The van der Waals surface area contributed by atoms with Gasteiger partial charge in [0.05, 0.1) is 0 Å². The van der Waals surface area contributed by atoms with E-state index in [4.69, 9.17) is 0 Å². The first-order valence-corrected chi connectivity index (χ1v) is 7.61. The smallest absolute Gasteiger partial charge is 0.338 e. The van der Waals surface area contributed by atoms with Crippen molar-refractivity contribution in [1.82, 2.24) is 4.90 Å². The molecule has 1 atom stereocenters. The summed E-state index contributed by atoms with van der Waals surface area (Å²) in [6.45, 7) is 0.732. The summed E-state index contributed by atoms with van der Waals surface area (Å²) in [5, 5.41) is 30.7. The lowest BCUT2D eigenvalue weighted by Gasteiger charge is -2.57. The summed E-state index contributed by atoms with van der Waals surface area (Å²) in [7, 11) is 0. The number of carbonyl (C=O) groups is 2. The van der Waals surface area contributed by atoms with Gasteiger partial charge in [-0.1, -0.05) is 36.4 Å². The number of piperidine rings is 3. The van der Waals surface area contributed by atoms with Gasteiger partial charge in [-0.15, -0.1) is 0 Å². The average Bonchev–Trinajstić information content (AvgIpc) is 2.54. The fourth-order valence-corrected chi connectivity index (χ4v) is 3.74. The molecule has 6 nitrogen and oxygen atoms in total. The van der Waals surface area contributed by atoms with Crippen molar-refractivity contribution in [2.75, 3.05) is 13.1 Å². The first kappa shape index (κ1) is 15.9. The van der Waals surface area contributed by atoms with Crippen LogP contribution in [0.3, 0.4) is 0 Å². The lowest BCUT2D eigenvalue weighted by molar-refractivity contribution is -0.303. The normalized spacial score (nSPS) is 32.1. The highest BCUT2D eigenvalue weighted by Crippen LogP contribution is 2.46. The molecule has 122 valence electrons. The maximum atomic E-state index is 12.7. The highest BCUT2D eigenvalue weighted by molar-refractivity contribution is 6.15. The molecule has 3 aliphatic rings. The van der Waals surface area contributed by atoms with E-state index in [0.29, 0.717) is 25.9 Å². The number of nitrogens with zero attached hydrogens (tertiary/aromatic N) is 1. The number of aliphatic carboxylic acids is 1. The van der Waals surface area contributed by atoms with Crippen LogP contribution >= 0.6 is 0 Å². The fourth-order valence-electron chi connectivity index (χ4n) is 3.74. The molecule has 3 aliphatic heterocycles. The summed E-state index contributed by atoms with van der Waals surface area (Å²) in [4.78, 5) is 26.0. The molecule has 0 radical (unpaired) electrons. The third-order valence-corrected chi connectivity index (χ3v) is 4.96. The number of benzene rings is 1. The lowest BCUT2D eigenvalue weighted by atomic mass is 9.66. The van der Waals surface area contributed by atoms with E-state index in [9.17, 15) is 24.9 Å².